The van der Waals surface area contributed by atoms with Crippen LogP contribution in [0.25, 0.3) is 21.6 Å². The predicted octanol–water partition coefficient (Wildman–Crippen LogP) is 6.74. The van der Waals surface area contributed by atoms with E-state index in [2.05, 4.69) is 44.2 Å². The van der Waals surface area contributed by atoms with E-state index in [0.29, 0.717) is 5.56 Å². The second kappa shape index (κ2) is 7.10. The Morgan fingerprint density at radius 3 is 2.26 bits per heavy atom. The van der Waals surface area contributed by atoms with E-state index in [-0.39, 0.29) is 5.82 Å². The molecule has 0 aliphatic carbocycles. The summed E-state index contributed by atoms with van der Waals surface area (Å²) in [5, 5.41) is 0. The second-order valence-electron chi connectivity index (χ2n) is 5.76. The fourth-order valence-electron chi connectivity index (χ4n) is 2.73. The Hall–Kier alpha value is -1.93. The van der Waals surface area contributed by atoms with Crippen LogP contribution >= 0.6 is 11.3 Å². The van der Waals surface area contributed by atoms with Crippen LogP contribution in [-0.2, 0) is 12.8 Å². The molecule has 0 radical (unpaired) electrons. The molecule has 0 bridgehead atoms. The zero-order valence-electron chi connectivity index (χ0n) is 13.6. The molecule has 1 aromatic heterocycles. The first-order valence-corrected chi connectivity index (χ1v) is 9.01. The topological polar surface area (TPSA) is 0 Å². The van der Waals surface area contributed by atoms with Gasteiger partial charge in [-0.25, -0.2) is 4.39 Å². The van der Waals surface area contributed by atoms with Crippen molar-refractivity contribution in [1.29, 1.82) is 0 Å². The highest BCUT2D eigenvalue weighted by atomic mass is 32.1. The van der Waals surface area contributed by atoms with Gasteiger partial charge < -0.3 is 0 Å². The normalized spacial score (nSPS) is 10.9. The molecule has 2 heteroatoms. The molecule has 0 aliphatic heterocycles. The minimum absolute atomic E-state index is 0.146. The molecular formula is C21H21FS. The lowest BCUT2D eigenvalue weighted by Crippen LogP contribution is -1.86. The van der Waals surface area contributed by atoms with Crippen molar-refractivity contribution in [3.05, 3.63) is 70.9 Å². The van der Waals surface area contributed by atoms with Gasteiger partial charge in [-0.1, -0.05) is 50.6 Å². The lowest BCUT2D eigenvalue weighted by Gasteiger charge is -2.06. The van der Waals surface area contributed by atoms with Gasteiger partial charge in [-0.05, 0) is 53.8 Å². The maximum atomic E-state index is 14.6. The number of rotatable bonds is 5. The number of aryl methyl sites for hydroxylation is 2. The number of halogens is 1. The van der Waals surface area contributed by atoms with Crippen LogP contribution in [-0.4, -0.2) is 0 Å². The van der Waals surface area contributed by atoms with Gasteiger partial charge in [-0.3, -0.25) is 0 Å². The van der Waals surface area contributed by atoms with Crippen molar-refractivity contribution in [2.45, 2.75) is 33.1 Å². The summed E-state index contributed by atoms with van der Waals surface area (Å²) in [5.74, 6) is -0.146. The van der Waals surface area contributed by atoms with Gasteiger partial charge >= 0.3 is 0 Å². The summed E-state index contributed by atoms with van der Waals surface area (Å²) < 4.78 is 14.6. The van der Waals surface area contributed by atoms with E-state index in [0.717, 1.165) is 35.3 Å². The minimum atomic E-state index is -0.146. The molecule has 118 valence electrons. The molecule has 0 amide bonds. The minimum Gasteiger partial charge on any atom is -0.206 e. The second-order valence-corrected chi connectivity index (χ2v) is 6.93. The third-order valence-corrected chi connectivity index (χ3v) is 5.27. The van der Waals surface area contributed by atoms with Crippen molar-refractivity contribution in [3.8, 4) is 21.6 Å². The quantitative estimate of drug-likeness (QED) is 0.488. The third-order valence-electron chi connectivity index (χ3n) is 4.09. The van der Waals surface area contributed by atoms with E-state index in [1.165, 1.54) is 10.4 Å². The molecule has 0 spiro atoms. The van der Waals surface area contributed by atoms with E-state index >= 15 is 0 Å². The smallest absolute Gasteiger partial charge is 0.132 e. The van der Waals surface area contributed by atoms with Crippen LogP contribution in [0, 0.1) is 5.82 Å². The highest BCUT2D eigenvalue weighted by molar-refractivity contribution is 7.15. The number of hydrogen-bond acceptors (Lipinski definition) is 1. The number of hydrogen-bond donors (Lipinski definition) is 0. The number of thiophene rings is 1. The third kappa shape index (κ3) is 3.53. The molecule has 0 N–H and O–H groups in total. The maximum absolute atomic E-state index is 14.6. The molecule has 0 saturated carbocycles. The number of benzene rings is 2. The van der Waals surface area contributed by atoms with Crippen molar-refractivity contribution in [2.24, 2.45) is 0 Å². The maximum Gasteiger partial charge on any atom is 0.132 e. The lowest BCUT2D eigenvalue weighted by atomic mass is 10.0. The zero-order valence-corrected chi connectivity index (χ0v) is 14.4. The first kappa shape index (κ1) is 15.9. The Balaban J connectivity index is 1.90. The van der Waals surface area contributed by atoms with Gasteiger partial charge in [0.1, 0.15) is 5.82 Å². The molecule has 0 saturated heterocycles. The summed E-state index contributed by atoms with van der Waals surface area (Å²) in [4.78, 5) is 2.33. The Morgan fingerprint density at radius 1 is 0.870 bits per heavy atom. The molecule has 3 aromatic rings. The van der Waals surface area contributed by atoms with Crippen LogP contribution in [0.3, 0.4) is 0 Å². The van der Waals surface area contributed by atoms with Crippen molar-refractivity contribution >= 4 is 11.3 Å². The Morgan fingerprint density at radius 2 is 1.61 bits per heavy atom. The molecule has 2 aromatic carbocycles. The Labute approximate surface area is 141 Å². The van der Waals surface area contributed by atoms with Gasteiger partial charge in [-0.15, -0.1) is 11.3 Å². The first-order valence-electron chi connectivity index (χ1n) is 8.19. The highest BCUT2D eigenvalue weighted by Gasteiger charge is 2.10. The summed E-state index contributed by atoms with van der Waals surface area (Å²) in [6, 6.07) is 18.1. The van der Waals surface area contributed by atoms with Crippen molar-refractivity contribution in [2.75, 3.05) is 0 Å². The molecule has 1 heterocycles. The van der Waals surface area contributed by atoms with Gasteiger partial charge in [0.15, 0.2) is 0 Å². The molecule has 0 nitrogen and oxygen atoms in total. The summed E-state index contributed by atoms with van der Waals surface area (Å²) >= 11 is 1.69. The van der Waals surface area contributed by atoms with E-state index in [1.54, 1.807) is 17.4 Å². The van der Waals surface area contributed by atoms with E-state index in [1.807, 2.05) is 18.2 Å². The molecule has 0 aliphatic rings. The average molecular weight is 324 g/mol. The Kier molecular flexibility index (Phi) is 4.92. The predicted molar refractivity (Wildman–Crippen MR) is 98.5 cm³/mol. The van der Waals surface area contributed by atoms with Gasteiger partial charge in [0, 0.05) is 15.3 Å². The van der Waals surface area contributed by atoms with Crippen LogP contribution in [0.4, 0.5) is 4.39 Å². The van der Waals surface area contributed by atoms with Crippen molar-refractivity contribution < 1.29 is 4.39 Å². The SMILES string of the molecule is CCCc1ccc(-c2ccc(-c3ccc(CC)cc3)cc2F)s1. The lowest BCUT2D eigenvalue weighted by molar-refractivity contribution is 0.632. The molecule has 0 unspecified atom stereocenters. The summed E-state index contributed by atoms with van der Waals surface area (Å²) in [6.45, 7) is 4.30. The van der Waals surface area contributed by atoms with E-state index < -0.39 is 0 Å². The first-order chi connectivity index (χ1) is 11.2. The molecule has 3 rings (SSSR count). The monoisotopic (exact) mass is 324 g/mol. The zero-order chi connectivity index (χ0) is 16.2. The summed E-state index contributed by atoms with van der Waals surface area (Å²) in [7, 11) is 0. The highest BCUT2D eigenvalue weighted by Crippen LogP contribution is 2.33. The summed E-state index contributed by atoms with van der Waals surface area (Å²) in [6.07, 6.45) is 3.20. The van der Waals surface area contributed by atoms with Gasteiger partial charge in [0.25, 0.3) is 0 Å². The molecular weight excluding hydrogens is 303 g/mol. The van der Waals surface area contributed by atoms with Crippen LogP contribution in [0.15, 0.2) is 54.6 Å². The summed E-state index contributed by atoms with van der Waals surface area (Å²) in [5.41, 5.74) is 3.99. The van der Waals surface area contributed by atoms with Crippen LogP contribution in [0.1, 0.15) is 30.7 Å². The standard InChI is InChI=1S/C21H21FS/c1-3-5-18-11-13-21(23-18)19-12-10-17(14-20(19)22)16-8-6-15(4-2)7-9-16/h6-14H,3-5H2,1-2H3. The Bertz CT molecular complexity index is 784. The largest absolute Gasteiger partial charge is 0.206 e. The molecule has 0 fully saturated rings. The van der Waals surface area contributed by atoms with E-state index in [9.17, 15) is 4.39 Å². The fourth-order valence-corrected chi connectivity index (χ4v) is 3.87. The van der Waals surface area contributed by atoms with Gasteiger partial charge in [0.05, 0.1) is 0 Å². The van der Waals surface area contributed by atoms with Crippen molar-refractivity contribution in [3.63, 3.8) is 0 Å². The van der Waals surface area contributed by atoms with Gasteiger partial charge in [-0.2, -0.15) is 0 Å². The van der Waals surface area contributed by atoms with Crippen molar-refractivity contribution in [1.82, 2.24) is 0 Å². The van der Waals surface area contributed by atoms with Crippen LogP contribution in [0.5, 0.6) is 0 Å². The van der Waals surface area contributed by atoms with E-state index in [4.69, 9.17) is 0 Å². The molecule has 23 heavy (non-hydrogen) atoms. The fraction of sp³-hybridized carbons (Fsp3) is 0.238. The average Bonchev–Trinajstić information content (AvgIpc) is 3.03. The van der Waals surface area contributed by atoms with Crippen LogP contribution in [0.2, 0.25) is 0 Å². The molecule has 0 atom stereocenters. The van der Waals surface area contributed by atoms with Gasteiger partial charge in [0.2, 0.25) is 0 Å². The van der Waals surface area contributed by atoms with Crippen LogP contribution < -0.4 is 0 Å².